The highest BCUT2D eigenvalue weighted by Gasteiger charge is 2.38. The fourth-order valence-corrected chi connectivity index (χ4v) is 5.76. The maximum absolute atomic E-state index is 13.2. The predicted octanol–water partition coefficient (Wildman–Crippen LogP) is 2.55. The van der Waals surface area contributed by atoms with Gasteiger partial charge in [-0.25, -0.2) is 4.90 Å². The van der Waals surface area contributed by atoms with Crippen molar-refractivity contribution >= 4 is 43.6 Å². The zero-order chi connectivity index (χ0) is 28.0. The summed E-state index contributed by atoms with van der Waals surface area (Å²) in [6.07, 6.45) is 0. The monoisotopic (exact) mass is 558 g/mol. The molecule has 4 rings (SSSR count). The third-order valence-electron chi connectivity index (χ3n) is 5.98. The van der Waals surface area contributed by atoms with Crippen molar-refractivity contribution in [3.8, 4) is 11.1 Å². The molecule has 1 aliphatic heterocycles. The molecule has 0 saturated heterocycles. The van der Waals surface area contributed by atoms with Crippen LogP contribution in [0.2, 0.25) is 0 Å². The van der Waals surface area contributed by atoms with Crippen molar-refractivity contribution in [3.05, 3.63) is 82.4 Å². The van der Waals surface area contributed by atoms with Gasteiger partial charge in [-0.3, -0.25) is 23.1 Å². The number of anilines is 1. The minimum Gasteiger partial charge on any atom is -0.355 e. The van der Waals surface area contributed by atoms with Crippen LogP contribution in [0.4, 0.5) is 5.69 Å². The number of aryl methyl sites for hydroxylation is 1. The summed E-state index contributed by atoms with van der Waals surface area (Å²) in [5, 5.41) is 2.43. The Morgan fingerprint density at radius 1 is 0.895 bits per heavy atom. The second kappa shape index (κ2) is 9.76. The van der Waals surface area contributed by atoms with Crippen molar-refractivity contribution in [2.45, 2.75) is 17.6 Å². The summed E-state index contributed by atoms with van der Waals surface area (Å²) in [5.74, 6) is -2.70. The first-order valence-corrected chi connectivity index (χ1v) is 14.0. The van der Waals surface area contributed by atoms with E-state index in [0.717, 1.165) is 18.1 Å². The van der Waals surface area contributed by atoms with Crippen LogP contribution in [0.3, 0.4) is 0 Å². The first-order valence-electron chi connectivity index (χ1n) is 11.0. The van der Waals surface area contributed by atoms with E-state index in [4.69, 9.17) is 4.18 Å². The van der Waals surface area contributed by atoms with E-state index < -0.39 is 48.6 Å². The lowest BCUT2D eigenvalue weighted by Crippen LogP contribution is -2.29. The summed E-state index contributed by atoms with van der Waals surface area (Å²) in [6, 6.07) is 12.4. The smallest absolute Gasteiger partial charge is 0.297 e. The number of hydrogen-bond acceptors (Lipinski definition) is 8. The predicted molar refractivity (Wildman–Crippen MR) is 137 cm³/mol. The maximum atomic E-state index is 13.2. The Kier molecular flexibility index (Phi) is 6.97. The summed E-state index contributed by atoms with van der Waals surface area (Å²) in [5.41, 5.74) is 1.12. The van der Waals surface area contributed by atoms with Crippen LogP contribution in [0.1, 0.15) is 42.2 Å². The zero-order valence-corrected chi connectivity index (χ0v) is 22.0. The number of rotatable bonds is 7. The summed E-state index contributed by atoms with van der Waals surface area (Å²) < 4.78 is 63.3. The third kappa shape index (κ3) is 4.96. The van der Waals surface area contributed by atoms with Crippen molar-refractivity contribution in [1.29, 1.82) is 0 Å². The molecule has 0 aromatic heterocycles. The van der Waals surface area contributed by atoms with E-state index in [1.165, 1.54) is 49.5 Å². The lowest BCUT2D eigenvalue weighted by atomic mass is 9.98. The Morgan fingerprint density at radius 2 is 1.53 bits per heavy atom. The molecule has 3 aromatic carbocycles. The number of hydrogen-bond donors (Lipinski definition) is 2. The normalized spacial score (nSPS) is 13.5. The average Bonchev–Trinajstić information content (AvgIpc) is 3.11. The van der Waals surface area contributed by atoms with Gasteiger partial charge in [-0.05, 0) is 48.4 Å². The highest BCUT2D eigenvalue weighted by atomic mass is 32.2. The second-order valence-corrected chi connectivity index (χ2v) is 11.6. The minimum atomic E-state index is -4.46. The molecule has 0 radical (unpaired) electrons. The van der Waals surface area contributed by atoms with Gasteiger partial charge in [-0.15, -0.1) is 0 Å². The van der Waals surface area contributed by atoms with Crippen LogP contribution < -0.4 is 10.2 Å². The van der Waals surface area contributed by atoms with E-state index in [9.17, 15) is 35.8 Å². The lowest BCUT2D eigenvalue weighted by molar-refractivity contribution is 0.0924. The number of imide groups is 1. The molecule has 11 nitrogen and oxygen atoms in total. The standard InChI is InChI=1S/C25H22N2O9S2/c1-14-4-7-18(16(10-14)13-37(31,32)33)19-9-6-17(12-22(19)38(34,35)36-3)27-24(29)20-8-5-15(23(28)26-2)11-21(20)25(27)30/h4-12H,13H2,1-3H3,(H,26,28)(H,31,32,33). The first kappa shape index (κ1) is 27.1. The molecule has 0 unspecified atom stereocenters. The Morgan fingerprint density at radius 3 is 2.16 bits per heavy atom. The van der Waals surface area contributed by atoms with E-state index in [1.807, 2.05) is 0 Å². The molecule has 198 valence electrons. The summed E-state index contributed by atoms with van der Waals surface area (Å²) >= 11 is 0. The van der Waals surface area contributed by atoms with Gasteiger partial charge in [0.15, 0.2) is 0 Å². The molecule has 0 spiro atoms. The van der Waals surface area contributed by atoms with Crippen LogP contribution in [0, 0.1) is 6.92 Å². The first-order chi connectivity index (χ1) is 17.8. The van der Waals surface area contributed by atoms with Crippen molar-refractivity contribution < 1.29 is 40.0 Å². The van der Waals surface area contributed by atoms with Gasteiger partial charge in [0.25, 0.3) is 38.0 Å². The Labute approximate surface area is 218 Å². The van der Waals surface area contributed by atoms with Crippen molar-refractivity contribution in [2.75, 3.05) is 19.1 Å². The van der Waals surface area contributed by atoms with Crippen molar-refractivity contribution in [1.82, 2.24) is 5.32 Å². The van der Waals surface area contributed by atoms with Gasteiger partial charge >= 0.3 is 0 Å². The fourth-order valence-electron chi connectivity index (χ4n) is 4.23. The number of benzene rings is 3. The van der Waals surface area contributed by atoms with Gasteiger partial charge in [-0.2, -0.15) is 16.8 Å². The van der Waals surface area contributed by atoms with Crippen LogP contribution in [0.5, 0.6) is 0 Å². The van der Waals surface area contributed by atoms with E-state index in [2.05, 4.69) is 5.32 Å². The number of carbonyl (C=O) groups excluding carboxylic acids is 3. The van der Waals surface area contributed by atoms with E-state index in [-0.39, 0.29) is 39.1 Å². The molecular formula is C25H22N2O9S2. The number of amides is 3. The molecule has 3 amide bonds. The molecule has 38 heavy (non-hydrogen) atoms. The molecule has 0 aliphatic carbocycles. The molecule has 0 fully saturated rings. The van der Waals surface area contributed by atoms with E-state index in [1.54, 1.807) is 13.0 Å². The number of fused-ring (bicyclic) bond motifs is 1. The second-order valence-electron chi connectivity index (χ2n) is 8.47. The van der Waals surface area contributed by atoms with E-state index >= 15 is 0 Å². The average molecular weight is 559 g/mol. The SMILES string of the molecule is CNC(=O)c1ccc2c(c1)C(=O)N(c1ccc(-c3ccc(C)cc3CS(=O)(=O)O)c(S(=O)(=O)OC)c1)C2=O. The highest BCUT2D eigenvalue weighted by molar-refractivity contribution is 7.87. The van der Waals surface area contributed by atoms with Crippen LogP contribution >= 0.6 is 0 Å². The fraction of sp³-hybridized carbons (Fsp3) is 0.160. The van der Waals surface area contributed by atoms with Crippen molar-refractivity contribution in [2.24, 2.45) is 0 Å². The van der Waals surface area contributed by atoms with Gasteiger partial charge in [-0.1, -0.05) is 29.8 Å². The molecule has 13 heteroatoms. The summed E-state index contributed by atoms with van der Waals surface area (Å²) in [7, 11) is -6.55. The molecule has 1 aliphatic rings. The largest absolute Gasteiger partial charge is 0.355 e. The molecule has 2 N–H and O–H groups in total. The van der Waals surface area contributed by atoms with Crippen LogP contribution in [0.25, 0.3) is 11.1 Å². The van der Waals surface area contributed by atoms with Crippen LogP contribution in [-0.4, -0.2) is 53.3 Å². The topological polar surface area (TPSA) is 164 Å². The van der Waals surface area contributed by atoms with Gasteiger partial charge in [0.1, 0.15) is 10.6 Å². The maximum Gasteiger partial charge on any atom is 0.297 e. The number of nitrogens with zero attached hydrogens (tertiary/aromatic N) is 1. The minimum absolute atomic E-state index is 0.0229. The molecule has 1 heterocycles. The summed E-state index contributed by atoms with van der Waals surface area (Å²) in [6.45, 7) is 1.70. The highest BCUT2D eigenvalue weighted by Crippen LogP contribution is 2.37. The number of nitrogens with one attached hydrogen (secondary N) is 1. The molecule has 3 aromatic rings. The van der Waals surface area contributed by atoms with Crippen LogP contribution in [-0.2, 0) is 30.2 Å². The van der Waals surface area contributed by atoms with Crippen molar-refractivity contribution in [3.63, 3.8) is 0 Å². The Balaban J connectivity index is 1.88. The quantitative estimate of drug-likeness (QED) is 0.252. The Hall–Kier alpha value is -3.91. The molecule has 0 bridgehead atoms. The van der Waals surface area contributed by atoms with Crippen LogP contribution in [0.15, 0.2) is 59.5 Å². The molecular weight excluding hydrogens is 536 g/mol. The van der Waals surface area contributed by atoms with E-state index in [0.29, 0.717) is 5.56 Å². The lowest BCUT2D eigenvalue weighted by Gasteiger charge is -2.18. The van der Waals surface area contributed by atoms with Gasteiger partial charge < -0.3 is 5.32 Å². The number of carbonyl (C=O) groups is 3. The summed E-state index contributed by atoms with van der Waals surface area (Å²) in [4.78, 5) is 38.7. The molecule has 0 atom stereocenters. The van der Waals surface area contributed by atoms with Gasteiger partial charge in [0.2, 0.25) is 0 Å². The molecule has 0 saturated carbocycles. The van der Waals surface area contributed by atoms with Gasteiger partial charge in [0, 0.05) is 18.2 Å². The Bertz CT molecular complexity index is 1730. The third-order valence-corrected chi connectivity index (χ3v) is 7.97. The zero-order valence-electron chi connectivity index (χ0n) is 20.4. The van der Waals surface area contributed by atoms with Gasteiger partial charge in [0.05, 0.1) is 23.9 Å².